The second-order valence-electron chi connectivity index (χ2n) is 9.53. The quantitative estimate of drug-likeness (QED) is 0.425. The van der Waals surface area contributed by atoms with E-state index in [4.69, 9.17) is 4.74 Å². The zero-order valence-electron chi connectivity index (χ0n) is 22.1. The molecule has 0 saturated carbocycles. The molecular weight excluding hydrogens is 500 g/mol. The van der Waals surface area contributed by atoms with Crippen molar-refractivity contribution in [2.45, 2.75) is 26.0 Å². The van der Waals surface area contributed by atoms with Crippen molar-refractivity contribution in [1.82, 2.24) is 19.8 Å². The van der Waals surface area contributed by atoms with E-state index in [9.17, 15) is 19.5 Å². The number of nitrogens with zero attached hydrogens (tertiary/aromatic N) is 4. The standard InChI is InChI=1S/C28H32N6O5/c1-18-15-34(19(2)17-35)27(37)21-10-7-11-22(32-26(36)23-14-29-12-13-30-23)25(21)39-24(18)16-33(3)28(38)31-20-8-5-4-6-9-20/h4-14,18-19,24,35H,15-17H2,1-3H3,(H,31,38)(H,32,36)/t18-,19-,24+/m1/s1. The number of carbonyl (C=O) groups excluding carboxylic acids is 3. The number of fused-ring (bicyclic) bond motifs is 1. The summed E-state index contributed by atoms with van der Waals surface area (Å²) in [4.78, 5) is 50.5. The van der Waals surface area contributed by atoms with E-state index in [0.29, 0.717) is 12.2 Å². The molecule has 0 spiro atoms. The van der Waals surface area contributed by atoms with Crippen LogP contribution in [0.1, 0.15) is 34.7 Å². The van der Waals surface area contributed by atoms with Gasteiger partial charge in [-0.25, -0.2) is 9.78 Å². The maximum absolute atomic E-state index is 13.6. The highest BCUT2D eigenvalue weighted by molar-refractivity contribution is 6.06. The van der Waals surface area contributed by atoms with Gasteiger partial charge in [-0.2, -0.15) is 0 Å². The van der Waals surface area contributed by atoms with Crippen molar-refractivity contribution < 1.29 is 24.2 Å². The van der Waals surface area contributed by atoms with Crippen molar-refractivity contribution in [3.05, 3.63) is 78.4 Å². The van der Waals surface area contributed by atoms with Crippen LogP contribution in [0.2, 0.25) is 0 Å². The number of likely N-dealkylation sites (N-methyl/N-ethyl adjacent to an activating group) is 1. The molecule has 3 atom stereocenters. The number of ether oxygens (including phenoxy) is 1. The number of aliphatic hydroxyl groups is 1. The second-order valence-corrected chi connectivity index (χ2v) is 9.53. The maximum atomic E-state index is 13.6. The van der Waals surface area contributed by atoms with Crippen LogP contribution in [0.5, 0.6) is 5.75 Å². The number of urea groups is 1. The number of para-hydroxylation sites is 2. The van der Waals surface area contributed by atoms with Crippen LogP contribution < -0.4 is 15.4 Å². The van der Waals surface area contributed by atoms with Gasteiger partial charge >= 0.3 is 6.03 Å². The van der Waals surface area contributed by atoms with E-state index in [1.54, 1.807) is 49.2 Å². The molecule has 0 saturated heterocycles. The van der Waals surface area contributed by atoms with E-state index in [2.05, 4.69) is 20.6 Å². The molecule has 3 N–H and O–H groups in total. The van der Waals surface area contributed by atoms with E-state index in [1.165, 1.54) is 23.5 Å². The molecule has 11 heteroatoms. The Kier molecular flexibility index (Phi) is 8.72. The van der Waals surface area contributed by atoms with E-state index in [1.807, 2.05) is 25.1 Å². The molecule has 0 fully saturated rings. The average Bonchev–Trinajstić information content (AvgIpc) is 2.95. The van der Waals surface area contributed by atoms with Crippen LogP contribution in [0, 0.1) is 5.92 Å². The molecule has 0 bridgehead atoms. The fraction of sp³-hybridized carbons (Fsp3) is 0.321. The lowest BCUT2D eigenvalue weighted by molar-refractivity contribution is 0.0372. The van der Waals surface area contributed by atoms with Crippen LogP contribution in [0.3, 0.4) is 0 Å². The van der Waals surface area contributed by atoms with Gasteiger partial charge in [0.2, 0.25) is 0 Å². The number of anilines is 2. The number of hydrogen-bond donors (Lipinski definition) is 3. The SMILES string of the molecule is C[C@@H]1CN([C@H](C)CO)C(=O)c2cccc(NC(=O)c3cnccn3)c2O[C@H]1CN(C)C(=O)Nc1ccccc1. The summed E-state index contributed by atoms with van der Waals surface area (Å²) in [5.41, 5.74) is 1.28. The fourth-order valence-electron chi connectivity index (χ4n) is 4.26. The molecule has 11 nitrogen and oxygen atoms in total. The van der Waals surface area contributed by atoms with Gasteiger partial charge in [-0.05, 0) is 31.2 Å². The summed E-state index contributed by atoms with van der Waals surface area (Å²) < 4.78 is 6.44. The normalized spacial score (nSPS) is 17.6. The second kappa shape index (κ2) is 12.4. The smallest absolute Gasteiger partial charge is 0.321 e. The number of rotatable bonds is 7. The first-order valence-corrected chi connectivity index (χ1v) is 12.6. The maximum Gasteiger partial charge on any atom is 0.321 e. The van der Waals surface area contributed by atoms with Crippen LogP contribution in [0.15, 0.2) is 67.1 Å². The molecule has 1 aliphatic rings. The van der Waals surface area contributed by atoms with Gasteiger partial charge in [0.1, 0.15) is 11.8 Å². The van der Waals surface area contributed by atoms with Crippen molar-refractivity contribution >= 4 is 29.2 Å². The van der Waals surface area contributed by atoms with Crippen LogP contribution in [0.4, 0.5) is 16.2 Å². The van der Waals surface area contributed by atoms with E-state index in [-0.39, 0.29) is 53.7 Å². The Balaban J connectivity index is 1.65. The topological polar surface area (TPSA) is 137 Å². The third kappa shape index (κ3) is 6.50. The van der Waals surface area contributed by atoms with Gasteiger partial charge < -0.3 is 30.3 Å². The number of hydrogen-bond acceptors (Lipinski definition) is 7. The minimum atomic E-state index is -0.550. The molecular formula is C28H32N6O5. The molecule has 4 rings (SSSR count). The van der Waals surface area contributed by atoms with E-state index >= 15 is 0 Å². The molecule has 204 valence electrons. The summed E-state index contributed by atoms with van der Waals surface area (Å²) in [6.07, 6.45) is 3.66. The van der Waals surface area contributed by atoms with E-state index < -0.39 is 18.1 Å². The Morgan fingerprint density at radius 3 is 2.62 bits per heavy atom. The first-order chi connectivity index (χ1) is 18.8. The number of nitrogens with one attached hydrogen (secondary N) is 2. The van der Waals surface area contributed by atoms with Gasteiger partial charge in [0.05, 0.1) is 36.6 Å². The molecule has 0 aliphatic carbocycles. The summed E-state index contributed by atoms with van der Waals surface area (Å²) in [6.45, 7) is 3.96. The minimum Gasteiger partial charge on any atom is -0.485 e. The molecule has 1 aromatic heterocycles. The Labute approximate surface area is 226 Å². The summed E-state index contributed by atoms with van der Waals surface area (Å²) in [5.74, 6) is -0.892. The third-order valence-corrected chi connectivity index (χ3v) is 6.56. The summed E-state index contributed by atoms with van der Waals surface area (Å²) in [7, 11) is 1.66. The zero-order valence-corrected chi connectivity index (χ0v) is 22.1. The molecule has 3 aromatic rings. The highest BCUT2D eigenvalue weighted by Gasteiger charge is 2.35. The van der Waals surface area contributed by atoms with Crippen molar-refractivity contribution in [1.29, 1.82) is 0 Å². The van der Waals surface area contributed by atoms with Crippen molar-refractivity contribution in [2.75, 3.05) is 37.4 Å². The average molecular weight is 533 g/mol. The van der Waals surface area contributed by atoms with Crippen molar-refractivity contribution in [3.63, 3.8) is 0 Å². The number of amides is 4. The Morgan fingerprint density at radius 1 is 1.15 bits per heavy atom. The highest BCUT2D eigenvalue weighted by atomic mass is 16.5. The predicted molar refractivity (Wildman–Crippen MR) is 146 cm³/mol. The lowest BCUT2D eigenvalue weighted by atomic mass is 9.99. The summed E-state index contributed by atoms with van der Waals surface area (Å²) in [5, 5.41) is 15.5. The zero-order chi connectivity index (χ0) is 27.9. The van der Waals surface area contributed by atoms with Crippen LogP contribution in [0.25, 0.3) is 0 Å². The molecule has 1 aliphatic heterocycles. The van der Waals surface area contributed by atoms with Gasteiger partial charge in [0, 0.05) is 37.6 Å². The van der Waals surface area contributed by atoms with E-state index in [0.717, 1.165) is 0 Å². The first-order valence-electron chi connectivity index (χ1n) is 12.6. The molecule has 0 radical (unpaired) electrons. The van der Waals surface area contributed by atoms with Gasteiger partial charge in [0.25, 0.3) is 11.8 Å². The monoisotopic (exact) mass is 532 g/mol. The number of aromatic nitrogens is 2. The van der Waals surface area contributed by atoms with Crippen molar-refractivity contribution in [3.8, 4) is 5.75 Å². The molecule has 2 aromatic carbocycles. The molecule has 4 amide bonds. The lowest BCUT2D eigenvalue weighted by Crippen LogP contribution is -2.50. The molecule has 39 heavy (non-hydrogen) atoms. The first kappa shape index (κ1) is 27.5. The number of benzene rings is 2. The van der Waals surface area contributed by atoms with Crippen LogP contribution in [-0.4, -0.2) is 81.6 Å². The highest BCUT2D eigenvalue weighted by Crippen LogP contribution is 2.35. The number of aliphatic hydroxyl groups excluding tert-OH is 1. The largest absolute Gasteiger partial charge is 0.485 e. The molecule has 2 heterocycles. The predicted octanol–water partition coefficient (Wildman–Crippen LogP) is 3.11. The summed E-state index contributed by atoms with van der Waals surface area (Å²) >= 11 is 0. The fourth-order valence-corrected chi connectivity index (χ4v) is 4.26. The van der Waals surface area contributed by atoms with Gasteiger partial charge in [-0.3, -0.25) is 14.6 Å². The van der Waals surface area contributed by atoms with Gasteiger partial charge in [0.15, 0.2) is 5.75 Å². The Morgan fingerprint density at radius 2 is 1.92 bits per heavy atom. The molecule has 0 unspecified atom stereocenters. The third-order valence-electron chi connectivity index (χ3n) is 6.56. The Bertz CT molecular complexity index is 1310. The summed E-state index contributed by atoms with van der Waals surface area (Å²) in [6, 6.07) is 13.2. The van der Waals surface area contributed by atoms with Crippen molar-refractivity contribution in [2.24, 2.45) is 5.92 Å². The van der Waals surface area contributed by atoms with Crippen LogP contribution in [-0.2, 0) is 0 Å². The number of carbonyl (C=O) groups is 3. The minimum absolute atomic E-state index is 0.102. The van der Waals surface area contributed by atoms with Gasteiger partial charge in [-0.1, -0.05) is 31.2 Å². The van der Waals surface area contributed by atoms with Crippen LogP contribution >= 0.6 is 0 Å². The van der Waals surface area contributed by atoms with Gasteiger partial charge in [-0.15, -0.1) is 0 Å². The Hall–Kier alpha value is -4.51. The lowest BCUT2D eigenvalue weighted by Gasteiger charge is -2.38.